The van der Waals surface area contributed by atoms with E-state index >= 15 is 0 Å². The predicted molar refractivity (Wildman–Crippen MR) is 111 cm³/mol. The maximum atomic E-state index is 10.6. The number of aliphatic hydroxyl groups is 2. The Labute approximate surface area is 167 Å². The van der Waals surface area contributed by atoms with Gasteiger partial charge in [0.15, 0.2) is 0 Å². The van der Waals surface area contributed by atoms with Crippen LogP contribution in [-0.4, -0.2) is 40.1 Å². The van der Waals surface area contributed by atoms with Crippen molar-refractivity contribution in [1.82, 2.24) is 0 Å². The summed E-state index contributed by atoms with van der Waals surface area (Å²) in [5.41, 5.74) is 0.716. The average Bonchev–Trinajstić information content (AvgIpc) is 2.66. The summed E-state index contributed by atoms with van der Waals surface area (Å²) in [6.07, 6.45) is 15.4. The van der Waals surface area contributed by atoms with Gasteiger partial charge in [-0.05, 0) is 30.5 Å². The molecule has 0 spiro atoms. The fraction of sp³-hybridized carbons (Fsp3) is 0.348. The van der Waals surface area contributed by atoms with Gasteiger partial charge in [-0.15, -0.1) is 0 Å². The molecule has 5 nitrogen and oxygen atoms in total. The van der Waals surface area contributed by atoms with Crippen LogP contribution >= 0.6 is 0 Å². The highest BCUT2D eigenvalue weighted by Gasteiger charge is 2.02. The number of benzene rings is 1. The summed E-state index contributed by atoms with van der Waals surface area (Å²) >= 11 is 0. The van der Waals surface area contributed by atoms with Crippen molar-refractivity contribution >= 4 is 5.97 Å². The fourth-order valence-corrected chi connectivity index (χ4v) is 2.27. The van der Waals surface area contributed by atoms with Crippen molar-refractivity contribution in [3.63, 3.8) is 0 Å². The van der Waals surface area contributed by atoms with E-state index in [1.165, 1.54) is 0 Å². The average molecular weight is 386 g/mol. The van der Waals surface area contributed by atoms with Gasteiger partial charge in [0.25, 0.3) is 0 Å². The molecule has 0 saturated carbocycles. The molecule has 0 aliphatic rings. The zero-order chi connectivity index (χ0) is 20.6. The Morgan fingerprint density at radius 1 is 1.00 bits per heavy atom. The van der Waals surface area contributed by atoms with E-state index in [1.54, 1.807) is 60.7 Å². The van der Waals surface area contributed by atoms with E-state index in [4.69, 9.17) is 9.84 Å². The van der Waals surface area contributed by atoms with Gasteiger partial charge in [-0.25, -0.2) is 0 Å². The molecule has 152 valence electrons. The van der Waals surface area contributed by atoms with Gasteiger partial charge in [-0.2, -0.15) is 0 Å². The molecule has 28 heavy (non-hydrogen) atoms. The van der Waals surface area contributed by atoms with Crippen molar-refractivity contribution in [2.75, 3.05) is 6.61 Å². The lowest BCUT2D eigenvalue weighted by molar-refractivity contribution is -0.136. The van der Waals surface area contributed by atoms with Crippen LogP contribution < -0.4 is 4.74 Å². The highest BCUT2D eigenvalue weighted by atomic mass is 16.5. The largest absolute Gasteiger partial charge is 0.493 e. The summed E-state index contributed by atoms with van der Waals surface area (Å²) in [4.78, 5) is 10.6. The summed E-state index contributed by atoms with van der Waals surface area (Å²) in [5, 5.41) is 28.3. The first-order valence-corrected chi connectivity index (χ1v) is 9.47. The van der Waals surface area contributed by atoms with Crippen molar-refractivity contribution in [2.24, 2.45) is 0 Å². The lowest BCUT2D eigenvalue weighted by Gasteiger charge is -2.08. The standard InChI is InChI=1S/C23H30O5/c1-2-3-6-9-20(24)10-7-4-5-8-11-21(25)16-17-28-22-14-12-19(13-15-22)18-23(26)27/h3-8,10-15,20-21,24-25H,2,9,16-18H2,1H3,(H,26,27)/b5-4-,6-3-,10-7+,11-8+/t20-,21+/m0/s1. The molecule has 0 amide bonds. The molecule has 5 heteroatoms. The van der Waals surface area contributed by atoms with Gasteiger partial charge in [0.2, 0.25) is 0 Å². The zero-order valence-electron chi connectivity index (χ0n) is 16.3. The monoisotopic (exact) mass is 386 g/mol. The van der Waals surface area contributed by atoms with E-state index in [-0.39, 0.29) is 6.42 Å². The summed E-state index contributed by atoms with van der Waals surface area (Å²) in [6.45, 7) is 2.40. The van der Waals surface area contributed by atoms with Crippen LogP contribution in [-0.2, 0) is 11.2 Å². The Hall–Kier alpha value is -2.63. The van der Waals surface area contributed by atoms with E-state index in [1.807, 2.05) is 12.2 Å². The van der Waals surface area contributed by atoms with Crippen molar-refractivity contribution < 1.29 is 24.9 Å². The van der Waals surface area contributed by atoms with Crippen LogP contribution in [0.5, 0.6) is 5.75 Å². The third kappa shape index (κ3) is 11.9. The highest BCUT2D eigenvalue weighted by molar-refractivity contribution is 5.70. The molecule has 1 aromatic carbocycles. The second-order valence-electron chi connectivity index (χ2n) is 6.26. The minimum atomic E-state index is -0.867. The van der Waals surface area contributed by atoms with Gasteiger partial charge in [0.05, 0.1) is 25.2 Å². The third-order valence-electron chi connectivity index (χ3n) is 3.74. The molecule has 0 radical (unpaired) electrons. The normalized spacial score (nSPS) is 14.4. The molecular weight excluding hydrogens is 356 g/mol. The van der Waals surface area contributed by atoms with Crippen LogP contribution in [0.1, 0.15) is 31.7 Å². The third-order valence-corrected chi connectivity index (χ3v) is 3.74. The summed E-state index contributed by atoms with van der Waals surface area (Å²) in [6, 6.07) is 6.88. The summed E-state index contributed by atoms with van der Waals surface area (Å²) in [5.74, 6) is -0.226. The van der Waals surface area contributed by atoms with Gasteiger partial charge in [0.1, 0.15) is 5.75 Å². The second kappa shape index (κ2) is 14.4. The molecule has 0 saturated heterocycles. The molecule has 1 aromatic rings. The lowest BCUT2D eigenvalue weighted by atomic mass is 10.1. The zero-order valence-corrected chi connectivity index (χ0v) is 16.3. The van der Waals surface area contributed by atoms with E-state index in [0.29, 0.717) is 30.8 Å². The number of aliphatic hydroxyl groups excluding tert-OH is 2. The topological polar surface area (TPSA) is 87.0 Å². The number of carbonyl (C=O) groups is 1. The molecule has 1 rings (SSSR count). The number of ether oxygens (including phenoxy) is 1. The molecule has 0 unspecified atom stereocenters. The molecule has 0 heterocycles. The van der Waals surface area contributed by atoms with E-state index in [0.717, 1.165) is 6.42 Å². The van der Waals surface area contributed by atoms with Crippen molar-refractivity contribution in [2.45, 2.75) is 44.8 Å². The number of hydrogen-bond donors (Lipinski definition) is 3. The lowest BCUT2D eigenvalue weighted by Crippen LogP contribution is -2.09. The summed E-state index contributed by atoms with van der Waals surface area (Å²) < 4.78 is 5.54. The van der Waals surface area contributed by atoms with Crippen LogP contribution in [0.4, 0.5) is 0 Å². The molecule has 0 aromatic heterocycles. The van der Waals surface area contributed by atoms with Crippen LogP contribution in [0.2, 0.25) is 0 Å². The smallest absolute Gasteiger partial charge is 0.307 e. The number of carboxylic acids is 1. The number of rotatable bonds is 13. The van der Waals surface area contributed by atoms with Gasteiger partial charge in [-0.1, -0.05) is 67.7 Å². The van der Waals surface area contributed by atoms with E-state index < -0.39 is 18.2 Å². The Morgan fingerprint density at radius 2 is 1.64 bits per heavy atom. The molecule has 2 atom stereocenters. The van der Waals surface area contributed by atoms with Gasteiger partial charge >= 0.3 is 5.97 Å². The van der Waals surface area contributed by atoms with Gasteiger partial charge < -0.3 is 20.1 Å². The maximum absolute atomic E-state index is 10.6. The quantitative estimate of drug-likeness (QED) is 0.354. The predicted octanol–water partition coefficient (Wildman–Crippen LogP) is 3.83. The first kappa shape index (κ1) is 23.4. The minimum Gasteiger partial charge on any atom is -0.493 e. The molecule has 3 N–H and O–H groups in total. The Kier molecular flexibility index (Phi) is 12.1. The van der Waals surface area contributed by atoms with Crippen LogP contribution in [0.25, 0.3) is 0 Å². The van der Waals surface area contributed by atoms with Gasteiger partial charge in [-0.3, -0.25) is 4.79 Å². The van der Waals surface area contributed by atoms with Crippen LogP contribution in [0.15, 0.2) is 72.9 Å². The molecule has 0 bridgehead atoms. The summed E-state index contributed by atoms with van der Waals surface area (Å²) in [7, 11) is 0. The minimum absolute atomic E-state index is 0.0125. The van der Waals surface area contributed by atoms with Gasteiger partial charge in [0, 0.05) is 6.42 Å². The van der Waals surface area contributed by atoms with Crippen molar-refractivity contribution in [3.05, 3.63) is 78.4 Å². The van der Waals surface area contributed by atoms with Crippen LogP contribution in [0, 0.1) is 0 Å². The number of carboxylic acid groups (broad SMARTS) is 1. The van der Waals surface area contributed by atoms with E-state index in [2.05, 4.69) is 6.92 Å². The first-order valence-electron chi connectivity index (χ1n) is 9.47. The molecule has 0 fully saturated rings. The first-order chi connectivity index (χ1) is 13.5. The van der Waals surface area contributed by atoms with Crippen molar-refractivity contribution in [1.29, 1.82) is 0 Å². The molecule has 0 aliphatic carbocycles. The van der Waals surface area contributed by atoms with Crippen LogP contribution in [0.3, 0.4) is 0 Å². The SMILES string of the molecule is CC/C=C\C[C@H](O)/C=C/C=C\C=C\[C@@H](O)CCOc1ccc(CC(=O)O)cc1. The fourth-order valence-electron chi connectivity index (χ4n) is 2.27. The maximum Gasteiger partial charge on any atom is 0.307 e. The number of hydrogen-bond acceptors (Lipinski definition) is 4. The van der Waals surface area contributed by atoms with Crippen molar-refractivity contribution in [3.8, 4) is 5.75 Å². The Bertz CT molecular complexity index is 671. The molecule has 0 aliphatic heterocycles. The number of aliphatic carboxylic acids is 1. The number of allylic oxidation sites excluding steroid dienone is 5. The second-order valence-corrected chi connectivity index (χ2v) is 6.26. The Morgan fingerprint density at radius 3 is 2.25 bits per heavy atom. The van der Waals surface area contributed by atoms with E-state index in [9.17, 15) is 15.0 Å². The molecular formula is C23H30O5. The highest BCUT2D eigenvalue weighted by Crippen LogP contribution is 2.13. The Balaban J connectivity index is 2.24.